The molecule has 1 rings (SSSR count). The van der Waals surface area contributed by atoms with Crippen molar-refractivity contribution < 1.29 is 13.5 Å². The van der Waals surface area contributed by atoms with Gasteiger partial charge in [-0.05, 0) is 18.2 Å². The second-order valence-corrected chi connectivity index (χ2v) is 4.30. The Hall–Kier alpha value is -1.45. The van der Waals surface area contributed by atoms with Crippen LogP contribution in [0.2, 0.25) is 0 Å². The van der Waals surface area contributed by atoms with E-state index in [1.54, 1.807) is 20.8 Å². The van der Waals surface area contributed by atoms with Gasteiger partial charge in [0.25, 0.3) is 0 Å². The zero-order chi connectivity index (χ0) is 11.6. The topological polar surface area (TPSA) is 26.1 Å². The quantitative estimate of drug-likeness (QED) is 0.305. The molecule has 0 aliphatic carbocycles. The van der Waals surface area contributed by atoms with Crippen LogP contribution >= 0.6 is 0 Å². The van der Waals surface area contributed by atoms with Gasteiger partial charge in [0.05, 0.1) is 0 Å². The molecule has 1 aromatic carbocycles. The molecule has 0 atom stereocenters. The molecule has 0 aliphatic heterocycles. The average molecular weight is 213 g/mol. The van der Waals surface area contributed by atoms with Crippen LogP contribution in [-0.2, 0) is 0 Å². The van der Waals surface area contributed by atoms with Crippen molar-refractivity contribution in [1.82, 2.24) is 0 Å². The lowest BCUT2D eigenvalue weighted by Gasteiger charge is -2.18. The SMILES string of the molecule is CC(C)(C)[N+]([O-])=Cc1ccc(F)c(F)c1. The van der Waals surface area contributed by atoms with Crippen molar-refractivity contribution in [2.75, 3.05) is 0 Å². The summed E-state index contributed by atoms with van der Waals surface area (Å²) in [5.74, 6) is -1.87. The summed E-state index contributed by atoms with van der Waals surface area (Å²) in [6.45, 7) is 5.20. The van der Waals surface area contributed by atoms with Gasteiger partial charge in [-0.15, -0.1) is 0 Å². The van der Waals surface area contributed by atoms with Gasteiger partial charge in [-0.1, -0.05) is 0 Å². The molecule has 0 spiro atoms. The molecule has 0 bridgehead atoms. The van der Waals surface area contributed by atoms with Crippen LogP contribution in [0.25, 0.3) is 0 Å². The summed E-state index contributed by atoms with van der Waals surface area (Å²) in [4.78, 5) is 0. The zero-order valence-corrected chi connectivity index (χ0v) is 8.92. The van der Waals surface area contributed by atoms with E-state index in [0.29, 0.717) is 10.3 Å². The molecule has 0 fully saturated rings. The lowest BCUT2D eigenvalue weighted by Crippen LogP contribution is -2.29. The third-order valence-electron chi connectivity index (χ3n) is 1.87. The predicted molar refractivity (Wildman–Crippen MR) is 54.9 cm³/mol. The first-order valence-electron chi connectivity index (χ1n) is 4.57. The van der Waals surface area contributed by atoms with Crippen molar-refractivity contribution >= 4 is 6.21 Å². The van der Waals surface area contributed by atoms with Crippen molar-refractivity contribution in [3.8, 4) is 0 Å². The Balaban J connectivity index is 3.04. The van der Waals surface area contributed by atoms with Gasteiger partial charge in [-0.3, -0.25) is 0 Å². The Labute approximate surface area is 87.4 Å². The highest BCUT2D eigenvalue weighted by molar-refractivity contribution is 5.75. The van der Waals surface area contributed by atoms with E-state index < -0.39 is 17.2 Å². The van der Waals surface area contributed by atoms with Crippen LogP contribution in [-0.4, -0.2) is 16.5 Å². The first-order chi connectivity index (χ1) is 6.80. The molecule has 0 saturated carbocycles. The maximum atomic E-state index is 12.8. The lowest BCUT2D eigenvalue weighted by molar-refractivity contribution is -0.530. The standard InChI is InChI=1S/C11H13F2NO/c1-11(2,3)14(15)7-8-4-5-9(12)10(13)6-8/h4-7H,1-3H3. The minimum absolute atomic E-state index is 0.346. The van der Waals surface area contributed by atoms with Crippen molar-refractivity contribution in [2.24, 2.45) is 0 Å². The number of nitrogens with zero attached hydrogens (tertiary/aromatic N) is 1. The van der Waals surface area contributed by atoms with Gasteiger partial charge in [-0.2, -0.15) is 0 Å². The highest BCUT2D eigenvalue weighted by atomic mass is 19.2. The van der Waals surface area contributed by atoms with Gasteiger partial charge in [0.1, 0.15) is 0 Å². The molecule has 0 amide bonds. The largest absolute Gasteiger partial charge is 0.623 e. The molecular formula is C11H13F2NO. The molecule has 1 aromatic rings. The highest BCUT2D eigenvalue weighted by Gasteiger charge is 2.18. The Bertz CT molecular complexity index is 394. The highest BCUT2D eigenvalue weighted by Crippen LogP contribution is 2.09. The van der Waals surface area contributed by atoms with Crippen LogP contribution in [0.3, 0.4) is 0 Å². The molecule has 82 valence electrons. The van der Waals surface area contributed by atoms with E-state index in [9.17, 15) is 14.0 Å². The lowest BCUT2D eigenvalue weighted by atomic mass is 10.1. The smallest absolute Gasteiger partial charge is 0.182 e. The molecular weight excluding hydrogens is 200 g/mol. The van der Waals surface area contributed by atoms with E-state index >= 15 is 0 Å². The summed E-state index contributed by atoms with van der Waals surface area (Å²) < 4.78 is 26.1. The number of hydrogen-bond acceptors (Lipinski definition) is 1. The van der Waals surface area contributed by atoms with Crippen LogP contribution in [0.15, 0.2) is 18.2 Å². The molecule has 0 radical (unpaired) electrons. The number of benzene rings is 1. The van der Waals surface area contributed by atoms with E-state index in [0.717, 1.165) is 12.1 Å². The summed E-state index contributed by atoms with van der Waals surface area (Å²) >= 11 is 0. The van der Waals surface area contributed by atoms with Gasteiger partial charge in [0, 0.05) is 26.3 Å². The summed E-state index contributed by atoms with van der Waals surface area (Å²) in [6.07, 6.45) is 1.24. The minimum Gasteiger partial charge on any atom is -0.623 e. The first-order valence-corrected chi connectivity index (χ1v) is 4.57. The maximum Gasteiger partial charge on any atom is 0.182 e. The fourth-order valence-corrected chi connectivity index (χ4v) is 0.922. The second-order valence-electron chi connectivity index (χ2n) is 4.30. The normalized spacial score (nSPS) is 13.0. The monoisotopic (exact) mass is 213 g/mol. The second kappa shape index (κ2) is 3.96. The van der Waals surface area contributed by atoms with E-state index in [4.69, 9.17) is 0 Å². The fraction of sp³-hybridized carbons (Fsp3) is 0.364. The summed E-state index contributed by atoms with van der Waals surface area (Å²) in [5.41, 5.74) is -0.246. The molecule has 4 heteroatoms. The predicted octanol–water partition coefficient (Wildman–Crippen LogP) is 2.69. The van der Waals surface area contributed by atoms with Crippen molar-refractivity contribution in [3.63, 3.8) is 0 Å². The van der Waals surface area contributed by atoms with Gasteiger partial charge in [0.2, 0.25) is 0 Å². The van der Waals surface area contributed by atoms with Crippen LogP contribution in [0.4, 0.5) is 8.78 Å². The Morgan fingerprint density at radius 2 is 1.80 bits per heavy atom. The molecule has 15 heavy (non-hydrogen) atoms. The Kier molecular flexibility index (Phi) is 3.07. The van der Waals surface area contributed by atoms with Gasteiger partial charge >= 0.3 is 0 Å². The molecule has 0 N–H and O–H groups in total. The van der Waals surface area contributed by atoms with Crippen molar-refractivity contribution in [2.45, 2.75) is 26.3 Å². The third kappa shape index (κ3) is 3.01. The summed E-state index contributed by atoms with van der Waals surface area (Å²) in [7, 11) is 0. The Morgan fingerprint density at radius 1 is 1.20 bits per heavy atom. The van der Waals surface area contributed by atoms with Gasteiger partial charge in [0.15, 0.2) is 23.4 Å². The first kappa shape index (κ1) is 11.6. The van der Waals surface area contributed by atoms with Crippen molar-refractivity contribution in [3.05, 3.63) is 40.6 Å². The summed E-state index contributed by atoms with van der Waals surface area (Å²) in [6, 6.07) is 3.35. The average Bonchev–Trinajstić information content (AvgIpc) is 2.10. The molecule has 0 saturated heterocycles. The van der Waals surface area contributed by atoms with Gasteiger partial charge < -0.3 is 5.21 Å². The molecule has 2 nitrogen and oxygen atoms in total. The maximum absolute atomic E-state index is 12.8. The van der Waals surface area contributed by atoms with E-state index in [-0.39, 0.29) is 0 Å². The number of halogens is 2. The molecule has 0 aromatic heterocycles. The third-order valence-corrected chi connectivity index (χ3v) is 1.87. The van der Waals surface area contributed by atoms with Crippen LogP contribution < -0.4 is 0 Å². The van der Waals surface area contributed by atoms with E-state index in [2.05, 4.69) is 0 Å². The number of hydroxylamine groups is 1. The van der Waals surface area contributed by atoms with Crippen molar-refractivity contribution in [1.29, 1.82) is 0 Å². The van der Waals surface area contributed by atoms with Crippen LogP contribution in [0, 0.1) is 16.8 Å². The van der Waals surface area contributed by atoms with Crippen LogP contribution in [0.1, 0.15) is 26.3 Å². The Morgan fingerprint density at radius 3 is 2.27 bits per heavy atom. The molecule has 0 aliphatic rings. The number of rotatable bonds is 1. The number of hydrogen-bond donors (Lipinski definition) is 0. The molecule has 0 unspecified atom stereocenters. The van der Waals surface area contributed by atoms with Crippen LogP contribution in [0.5, 0.6) is 0 Å². The summed E-state index contributed by atoms with van der Waals surface area (Å²) in [5, 5.41) is 11.5. The minimum atomic E-state index is -0.953. The van der Waals surface area contributed by atoms with Gasteiger partial charge in [-0.25, -0.2) is 13.5 Å². The fourth-order valence-electron chi connectivity index (χ4n) is 0.922. The zero-order valence-electron chi connectivity index (χ0n) is 8.92. The molecule has 0 heterocycles. The van der Waals surface area contributed by atoms with E-state index in [1.807, 2.05) is 0 Å². The van der Waals surface area contributed by atoms with E-state index in [1.165, 1.54) is 12.3 Å².